The second kappa shape index (κ2) is 5.88. The lowest BCUT2D eigenvalue weighted by atomic mass is 10.2. The third-order valence-electron chi connectivity index (χ3n) is 2.74. The summed E-state index contributed by atoms with van der Waals surface area (Å²) in [5.41, 5.74) is 0.592. The van der Waals surface area contributed by atoms with Crippen molar-refractivity contribution in [3.05, 3.63) is 40.4 Å². The number of hydrogen-bond donors (Lipinski definition) is 2. The molecule has 6 heteroatoms. The molecule has 1 aromatic carbocycles. The summed E-state index contributed by atoms with van der Waals surface area (Å²) in [4.78, 5) is 24.6. The minimum Gasteiger partial charge on any atom is -0.478 e. The van der Waals surface area contributed by atoms with Gasteiger partial charge in [0.15, 0.2) is 0 Å². The second-order valence-electron chi connectivity index (χ2n) is 4.17. The van der Waals surface area contributed by atoms with Crippen molar-refractivity contribution < 1.29 is 14.7 Å². The van der Waals surface area contributed by atoms with Gasteiger partial charge in [0.25, 0.3) is 0 Å². The van der Waals surface area contributed by atoms with Crippen LogP contribution in [-0.4, -0.2) is 35.1 Å². The van der Waals surface area contributed by atoms with E-state index in [1.807, 2.05) is 12.2 Å². The molecule has 19 heavy (non-hydrogen) atoms. The highest BCUT2D eigenvalue weighted by Gasteiger charge is 2.15. The Kier molecular flexibility index (Phi) is 4.21. The predicted octanol–water partition coefficient (Wildman–Crippen LogP) is 2.94. The average molecular weight is 325 g/mol. The van der Waals surface area contributed by atoms with Crippen molar-refractivity contribution >= 4 is 33.6 Å². The van der Waals surface area contributed by atoms with E-state index in [1.54, 1.807) is 11.0 Å². The fraction of sp³-hybridized carbons (Fsp3) is 0.231. The Morgan fingerprint density at radius 2 is 2.05 bits per heavy atom. The van der Waals surface area contributed by atoms with Crippen molar-refractivity contribution in [1.29, 1.82) is 0 Å². The fourth-order valence-corrected chi connectivity index (χ4v) is 2.31. The van der Waals surface area contributed by atoms with Crippen LogP contribution in [0.5, 0.6) is 0 Å². The quantitative estimate of drug-likeness (QED) is 0.822. The molecule has 2 amide bonds. The first-order valence-corrected chi connectivity index (χ1v) is 6.60. The molecule has 0 aromatic heterocycles. The number of carbonyl (C=O) groups excluding carboxylic acids is 1. The molecule has 1 aliphatic heterocycles. The zero-order valence-corrected chi connectivity index (χ0v) is 11.7. The number of carboxylic acids is 1. The number of nitrogens with zero attached hydrogens (tertiary/aromatic N) is 1. The molecule has 0 unspecified atom stereocenters. The van der Waals surface area contributed by atoms with Crippen LogP contribution in [0, 0.1) is 0 Å². The summed E-state index contributed by atoms with van der Waals surface area (Å²) in [7, 11) is 0. The molecular weight excluding hydrogens is 312 g/mol. The molecule has 0 saturated heterocycles. The highest BCUT2D eigenvalue weighted by molar-refractivity contribution is 9.10. The Balaban J connectivity index is 2.12. The van der Waals surface area contributed by atoms with Gasteiger partial charge in [-0.3, -0.25) is 0 Å². The molecule has 100 valence electrons. The summed E-state index contributed by atoms with van der Waals surface area (Å²) in [5, 5.41) is 11.7. The summed E-state index contributed by atoms with van der Waals surface area (Å²) >= 11 is 3.23. The van der Waals surface area contributed by atoms with Crippen LogP contribution in [0.2, 0.25) is 0 Å². The van der Waals surface area contributed by atoms with E-state index in [2.05, 4.69) is 21.2 Å². The standard InChI is InChI=1S/C13H13BrN2O3/c14-10-6-9(12(17)18)7-11(8-10)15-13(19)16-4-2-1-3-5-16/h1-2,6-8H,3-5H2,(H,15,19)(H,17,18). The Bertz CT molecular complexity index is 543. The minimum absolute atomic E-state index is 0.128. The molecule has 0 fully saturated rings. The lowest BCUT2D eigenvalue weighted by Gasteiger charge is -2.23. The van der Waals surface area contributed by atoms with E-state index in [9.17, 15) is 9.59 Å². The van der Waals surface area contributed by atoms with E-state index in [1.165, 1.54) is 12.1 Å². The van der Waals surface area contributed by atoms with Crippen molar-refractivity contribution in [3.63, 3.8) is 0 Å². The van der Waals surface area contributed by atoms with Gasteiger partial charge in [-0.05, 0) is 24.6 Å². The van der Waals surface area contributed by atoms with Crippen molar-refractivity contribution in [3.8, 4) is 0 Å². The van der Waals surface area contributed by atoms with Crippen LogP contribution in [0.1, 0.15) is 16.8 Å². The number of halogens is 1. The van der Waals surface area contributed by atoms with E-state index >= 15 is 0 Å². The average Bonchev–Trinajstić information content (AvgIpc) is 2.39. The Hall–Kier alpha value is -1.82. The van der Waals surface area contributed by atoms with Crippen molar-refractivity contribution in [2.45, 2.75) is 6.42 Å². The van der Waals surface area contributed by atoms with Gasteiger partial charge in [-0.15, -0.1) is 0 Å². The van der Waals surface area contributed by atoms with E-state index in [0.717, 1.165) is 6.42 Å². The van der Waals surface area contributed by atoms with E-state index < -0.39 is 5.97 Å². The largest absolute Gasteiger partial charge is 0.478 e. The van der Waals surface area contributed by atoms with Gasteiger partial charge in [-0.1, -0.05) is 28.1 Å². The zero-order valence-electron chi connectivity index (χ0n) is 10.1. The van der Waals surface area contributed by atoms with Crippen LogP contribution in [-0.2, 0) is 0 Å². The molecule has 2 rings (SSSR count). The predicted molar refractivity (Wildman–Crippen MR) is 75.5 cm³/mol. The van der Waals surface area contributed by atoms with Gasteiger partial charge in [0.05, 0.1) is 5.56 Å². The number of nitrogens with one attached hydrogen (secondary N) is 1. The van der Waals surface area contributed by atoms with Gasteiger partial charge < -0.3 is 15.3 Å². The number of aromatic carboxylic acids is 1. The molecule has 0 aliphatic carbocycles. The summed E-state index contributed by atoms with van der Waals surface area (Å²) < 4.78 is 0.612. The molecule has 0 saturated carbocycles. The molecule has 0 bridgehead atoms. The molecule has 1 aliphatic rings. The van der Waals surface area contributed by atoms with Gasteiger partial charge in [0.2, 0.25) is 0 Å². The van der Waals surface area contributed by atoms with E-state index in [0.29, 0.717) is 23.2 Å². The van der Waals surface area contributed by atoms with Crippen LogP contribution >= 0.6 is 15.9 Å². The number of carboxylic acid groups (broad SMARTS) is 1. The normalized spacial score (nSPS) is 14.3. The maximum Gasteiger partial charge on any atom is 0.335 e. The van der Waals surface area contributed by atoms with Crippen molar-refractivity contribution in [2.24, 2.45) is 0 Å². The highest BCUT2D eigenvalue weighted by Crippen LogP contribution is 2.20. The van der Waals surface area contributed by atoms with Crippen LogP contribution in [0.15, 0.2) is 34.8 Å². The third kappa shape index (κ3) is 3.57. The first-order chi connectivity index (χ1) is 9.06. The second-order valence-corrected chi connectivity index (χ2v) is 5.09. The molecule has 0 atom stereocenters. The Morgan fingerprint density at radius 3 is 2.68 bits per heavy atom. The summed E-state index contributed by atoms with van der Waals surface area (Å²) in [6.45, 7) is 1.24. The van der Waals surface area contributed by atoms with Crippen LogP contribution < -0.4 is 5.32 Å². The number of amides is 2. The number of anilines is 1. The van der Waals surface area contributed by atoms with Crippen LogP contribution in [0.3, 0.4) is 0 Å². The topological polar surface area (TPSA) is 69.6 Å². The zero-order chi connectivity index (χ0) is 13.8. The number of benzene rings is 1. The number of carbonyl (C=O) groups is 2. The van der Waals surface area contributed by atoms with Crippen LogP contribution in [0.4, 0.5) is 10.5 Å². The minimum atomic E-state index is -1.03. The molecule has 0 radical (unpaired) electrons. The van der Waals surface area contributed by atoms with Crippen LogP contribution in [0.25, 0.3) is 0 Å². The number of rotatable bonds is 2. The Morgan fingerprint density at radius 1 is 1.26 bits per heavy atom. The monoisotopic (exact) mass is 324 g/mol. The van der Waals surface area contributed by atoms with Gasteiger partial charge in [-0.2, -0.15) is 0 Å². The van der Waals surface area contributed by atoms with Gasteiger partial charge in [-0.25, -0.2) is 9.59 Å². The maximum absolute atomic E-state index is 12.0. The van der Waals surface area contributed by atoms with Gasteiger partial charge >= 0.3 is 12.0 Å². The first kappa shape index (κ1) is 13.6. The molecule has 1 aromatic rings. The summed E-state index contributed by atoms with van der Waals surface area (Å²) in [6.07, 6.45) is 4.81. The first-order valence-electron chi connectivity index (χ1n) is 5.81. The SMILES string of the molecule is O=C(O)c1cc(Br)cc(NC(=O)N2CC=CCC2)c1. The number of urea groups is 1. The van der Waals surface area contributed by atoms with Gasteiger partial charge in [0.1, 0.15) is 0 Å². The van der Waals surface area contributed by atoms with E-state index in [-0.39, 0.29) is 11.6 Å². The number of hydrogen-bond acceptors (Lipinski definition) is 2. The van der Waals surface area contributed by atoms with E-state index in [4.69, 9.17) is 5.11 Å². The molecule has 1 heterocycles. The third-order valence-corrected chi connectivity index (χ3v) is 3.20. The molecule has 2 N–H and O–H groups in total. The molecule has 0 spiro atoms. The molecular formula is C13H13BrN2O3. The van der Waals surface area contributed by atoms with Crippen molar-refractivity contribution in [2.75, 3.05) is 18.4 Å². The van der Waals surface area contributed by atoms with Crippen molar-refractivity contribution in [1.82, 2.24) is 4.90 Å². The lowest BCUT2D eigenvalue weighted by Crippen LogP contribution is -2.37. The summed E-state index contributed by atoms with van der Waals surface area (Å²) in [5.74, 6) is -1.03. The summed E-state index contributed by atoms with van der Waals surface area (Å²) in [6, 6.07) is 4.37. The molecule has 5 nitrogen and oxygen atoms in total. The maximum atomic E-state index is 12.0. The lowest BCUT2D eigenvalue weighted by molar-refractivity contribution is 0.0697. The highest BCUT2D eigenvalue weighted by atomic mass is 79.9. The fourth-order valence-electron chi connectivity index (χ4n) is 1.81. The smallest absolute Gasteiger partial charge is 0.335 e. The Labute approximate surface area is 119 Å². The van der Waals surface area contributed by atoms with Gasteiger partial charge in [0, 0.05) is 23.2 Å².